The molecule has 0 aliphatic carbocycles. The minimum absolute atomic E-state index is 0.456. The van der Waals surface area contributed by atoms with Gasteiger partial charge in [0, 0.05) is 6.07 Å². The van der Waals surface area contributed by atoms with E-state index in [0.717, 1.165) is 6.07 Å². The number of aryl methyl sites for hydroxylation is 1. The lowest BCUT2D eigenvalue weighted by Crippen LogP contribution is -1.87. The van der Waals surface area contributed by atoms with Gasteiger partial charge in [-0.1, -0.05) is 40.7 Å². The number of benzene rings is 1. The predicted molar refractivity (Wildman–Crippen MR) is 58.4 cm³/mol. The summed E-state index contributed by atoms with van der Waals surface area (Å²) in [5.74, 6) is -0.975. The van der Waals surface area contributed by atoms with Crippen LogP contribution < -0.4 is 0 Å². The Morgan fingerprint density at radius 3 is 1.86 bits per heavy atom. The topological polar surface area (TPSA) is 0 Å². The van der Waals surface area contributed by atoms with E-state index in [1.807, 2.05) is 34.6 Å². The monoisotopic (exact) mass is 202 g/mol. The van der Waals surface area contributed by atoms with Crippen LogP contribution in [0.3, 0.4) is 0 Å². The van der Waals surface area contributed by atoms with Gasteiger partial charge in [-0.3, -0.25) is 0 Å². The molecule has 14 heavy (non-hydrogen) atoms. The lowest BCUT2D eigenvalue weighted by Gasteiger charge is -1.96. The first kappa shape index (κ1) is 15.5. The van der Waals surface area contributed by atoms with Crippen LogP contribution in [0.1, 0.15) is 40.2 Å². The molecule has 0 unspecified atom stereocenters. The first-order valence-corrected chi connectivity index (χ1v) is 5.18. The third-order valence-electron chi connectivity index (χ3n) is 1.40. The Labute approximate surface area is 86.0 Å². The van der Waals surface area contributed by atoms with Gasteiger partial charge in [0.1, 0.15) is 11.6 Å². The van der Waals surface area contributed by atoms with Gasteiger partial charge in [-0.25, -0.2) is 8.78 Å². The van der Waals surface area contributed by atoms with E-state index in [1.165, 1.54) is 12.1 Å². The minimum Gasteiger partial charge on any atom is -0.207 e. The van der Waals surface area contributed by atoms with Gasteiger partial charge in [0.2, 0.25) is 0 Å². The Kier molecular flexibility index (Phi) is 11.3. The highest BCUT2D eigenvalue weighted by Crippen LogP contribution is 2.09. The fraction of sp³-hybridized carbons (Fsp3) is 0.500. The molecule has 0 atom stereocenters. The fourth-order valence-electron chi connectivity index (χ4n) is 0.808. The third kappa shape index (κ3) is 5.68. The molecule has 0 aliphatic rings. The molecule has 0 aliphatic heterocycles. The maximum absolute atomic E-state index is 12.6. The van der Waals surface area contributed by atoms with Crippen LogP contribution in [0, 0.1) is 11.6 Å². The van der Waals surface area contributed by atoms with Crippen LogP contribution in [0.5, 0.6) is 0 Å². The summed E-state index contributed by atoms with van der Waals surface area (Å²) in [5, 5.41) is 0. The van der Waals surface area contributed by atoms with Crippen LogP contribution in [-0.2, 0) is 6.42 Å². The van der Waals surface area contributed by atoms with E-state index in [9.17, 15) is 8.78 Å². The van der Waals surface area contributed by atoms with Gasteiger partial charge in [-0.15, -0.1) is 0 Å². The summed E-state index contributed by atoms with van der Waals surface area (Å²) in [7, 11) is 0. The molecule has 0 spiro atoms. The Morgan fingerprint density at radius 1 is 1.00 bits per heavy atom. The SMILES string of the molecule is CC.CC.CCc1ccc(F)cc1F. The standard InChI is InChI=1S/C8H8F2.2C2H6/c1-2-6-3-4-7(9)5-8(6)10;2*1-2/h3-5H,2H2,1H3;2*1-2H3. The van der Waals surface area contributed by atoms with Crippen molar-refractivity contribution < 1.29 is 8.78 Å². The Balaban J connectivity index is 0. The smallest absolute Gasteiger partial charge is 0.129 e. The summed E-state index contributed by atoms with van der Waals surface area (Å²) in [6.45, 7) is 9.83. The van der Waals surface area contributed by atoms with Gasteiger partial charge in [-0.2, -0.15) is 0 Å². The first-order valence-electron chi connectivity index (χ1n) is 5.18. The van der Waals surface area contributed by atoms with Crippen LogP contribution in [-0.4, -0.2) is 0 Å². The molecule has 1 aromatic carbocycles. The second-order valence-corrected chi connectivity index (χ2v) is 2.09. The van der Waals surface area contributed by atoms with Crippen molar-refractivity contribution in [1.82, 2.24) is 0 Å². The predicted octanol–water partition coefficient (Wildman–Crippen LogP) is 4.58. The van der Waals surface area contributed by atoms with Crippen LogP contribution in [0.15, 0.2) is 18.2 Å². The van der Waals surface area contributed by atoms with E-state index < -0.39 is 11.6 Å². The van der Waals surface area contributed by atoms with Gasteiger partial charge >= 0.3 is 0 Å². The highest BCUT2D eigenvalue weighted by Gasteiger charge is 1.99. The molecule has 1 aromatic rings. The van der Waals surface area contributed by atoms with Gasteiger partial charge in [0.25, 0.3) is 0 Å². The van der Waals surface area contributed by atoms with Crippen molar-refractivity contribution in [3.8, 4) is 0 Å². The highest BCUT2D eigenvalue weighted by molar-refractivity contribution is 5.17. The maximum atomic E-state index is 12.6. The zero-order valence-electron chi connectivity index (χ0n) is 9.70. The largest absolute Gasteiger partial charge is 0.207 e. The Hall–Kier alpha value is -0.920. The quantitative estimate of drug-likeness (QED) is 0.625. The van der Waals surface area contributed by atoms with E-state index in [0.29, 0.717) is 12.0 Å². The van der Waals surface area contributed by atoms with Crippen molar-refractivity contribution in [3.05, 3.63) is 35.4 Å². The summed E-state index contributed by atoms with van der Waals surface area (Å²) in [4.78, 5) is 0. The molecule has 1 rings (SSSR count). The van der Waals surface area contributed by atoms with Gasteiger partial charge in [0.15, 0.2) is 0 Å². The Bertz CT molecular complexity index is 232. The molecule has 0 nitrogen and oxygen atoms in total. The number of hydrogen-bond acceptors (Lipinski definition) is 0. The molecule has 0 bridgehead atoms. The van der Waals surface area contributed by atoms with Crippen molar-refractivity contribution >= 4 is 0 Å². The van der Waals surface area contributed by atoms with Gasteiger partial charge in [-0.05, 0) is 18.1 Å². The lowest BCUT2D eigenvalue weighted by molar-refractivity contribution is 0.573. The normalized spacial score (nSPS) is 7.93. The van der Waals surface area contributed by atoms with E-state index >= 15 is 0 Å². The number of hydrogen-bond donors (Lipinski definition) is 0. The molecular weight excluding hydrogens is 182 g/mol. The van der Waals surface area contributed by atoms with Crippen molar-refractivity contribution in [1.29, 1.82) is 0 Å². The first-order chi connectivity index (χ1) is 6.74. The van der Waals surface area contributed by atoms with E-state index in [-0.39, 0.29) is 0 Å². The second-order valence-electron chi connectivity index (χ2n) is 2.09. The Morgan fingerprint density at radius 2 is 1.50 bits per heavy atom. The molecule has 0 radical (unpaired) electrons. The molecule has 0 N–H and O–H groups in total. The van der Waals surface area contributed by atoms with Crippen LogP contribution in [0.25, 0.3) is 0 Å². The third-order valence-corrected chi connectivity index (χ3v) is 1.40. The average molecular weight is 202 g/mol. The van der Waals surface area contributed by atoms with Crippen molar-refractivity contribution in [3.63, 3.8) is 0 Å². The zero-order valence-corrected chi connectivity index (χ0v) is 9.70. The summed E-state index contributed by atoms with van der Waals surface area (Å²) < 4.78 is 24.9. The second kappa shape index (κ2) is 10.2. The summed E-state index contributed by atoms with van der Waals surface area (Å²) in [6, 6.07) is 3.63. The van der Waals surface area contributed by atoms with Crippen LogP contribution in [0.2, 0.25) is 0 Å². The van der Waals surface area contributed by atoms with E-state index in [4.69, 9.17) is 0 Å². The van der Waals surface area contributed by atoms with Crippen LogP contribution in [0.4, 0.5) is 8.78 Å². The van der Waals surface area contributed by atoms with Crippen molar-refractivity contribution in [2.75, 3.05) is 0 Å². The van der Waals surface area contributed by atoms with Crippen molar-refractivity contribution in [2.45, 2.75) is 41.0 Å². The summed E-state index contributed by atoms with van der Waals surface area (Å²) in [5.41, 5.74) is 0.557. The summed E-state index contributed by atoms with van der Waals surface area (Å²) in [6.07, 6.45) is 0.603. The van der Waals surface area contributed by atoms with Crippen molar-refractivity contribution in [2.24, 2.45) is 0 Å². The van der Waals surface area contributed by atoms with E-state index in [1.54, 1.807) is 0 Å². The van der Waals surface area contributed by atoms with Gasteiger partial charge < -0.3 is 0 Å². The number of rotatable bonds is 1. The molecule has 0 fully saturated rings. The lowest BCUT2D eigenvalue weighted by atomic mass is 10.1. The molecule has 0 saturated heterocycles. The van der Waals surface area contributed by atoms with Crippen LogP contribution >= 0.6 is 0 Å². The molecular formula is C12H20F2. The molecule has 82 valence electrons. The maximum Gasteiger partial charge on any atom is 0.129 e. The fourth-order valence-corrected chi connectivity index (χ4v) is 0.808. The molecule has 0 heterocycles. The molecule has 0 aromatic heterocycles. The van der Waals surface area contributed by atoms with Gasteiger partial charge in [0.05, 0.1) is 0 Å². The summed E-state index contributed by atoms with van der Waals surface area (Å²) >= 11 is 0. The number of halogens is 2. The highest BCUT2D eigenvalue weighted by atomic mass is 19.1. The minimum atomic E-state index is -0.519. The van der Waals surface area contributed by atoms with E-state index in [2.05, 4.69) is 0 Å². The molecule has 2 heteroatoms. The average Bonchev–Trinajstić information content (AvgIpc) is 2.24. The zero-order chi connectivity index (χ0) is 11.6. The molecule has 0 saturated carbocycles. The molecule has 0 amide bonds.